The number of aromatic nitrogens is 1. The van der Waals surface area contributed by atoms with Crippen LogP contribution in [0.4, 0.5) is 0 Å². The van der Waals surface area contributed by atoms with Crippen LogP contribution in [-0.2, 0) is 6.54 Å². The lowest BCUT2D eigenvalue weighted by Crippen LogP contribution is -2.36. The Hall–Kier alpha value is -1.28. The van der Waals surface area contributed by atoms with Crippen molar-refractivity contribution in [3.63, 3.8) is 0 Å². The molecule has 1 fully saturated rings. The lowest BCUT2D eigenvalue weighted by atomic mass is 9.83. The molecule has 1 aromatic carbocycles. The highest BCUT2D eigenvalue weighted by Crippen LogP contribution is 2.28. The number of para-hydroxylation sites is 1. The lowest BCUT2D eigenvalue weighted by Gasteiger charge is -2.30. The Morgan fingerprint density at radius 3 is 2.80 bits per heavy atom. The summed E-state index contributed by atoms with van der Waals surface area (Å²) in [6.07, 6.45) is 10.5. The predicted octanol–water partition coefficient (Wildman–Crippen LogP) is 4.62. The maximum absolute atomic E-state index is 3.81. The van der Waals surface area contributed by atoms with Crippen LogP contribution in [0.1, 0.15) is 51.0 Å². The second-order valence-electron chi connectivity index (χ2n) is 6.15. The van der Waals surface area contributed by atoms with Gasteiger partial charge in [-0.3, -0.25) is 0 Å². The monoisotopic (exact) mass is 270 g/mol. The van der Waals surface area contributed by atoms with Gasteiger partial charge in [0, 0.05) is 29.7 Å². The molecule has 3 rings (SSSR count). The molecule has 108 valence electrons. The first-order valence-electron chi connectivity index (χ1n) is 8.17. The van der Waals surface area contributed by atoms with E-state index in [1.807, 2.05) is 0 Å². The van der Waals surface area contributed by atoms with Crippen molar-refractivity contribution in [2.45, 2.75) is 58.0 Å². The Morgan fingerprint density at radius 2 is 2.00 bits per heavy atom. The van der Waals surface area contributed by atoms with Crippen molar-refractivity contribution >= 4 is 10.9 Å². The molecule has 0 radical (unpaired) electrons. The molecule has 1 aromatic heterocycles. The third kappa shape index (κ3) is 2.90. The summed E-state index contributed by atoms with van der Waals surface area (Å²) in [6, 6.07) is 9.26. The minimum Gasteiger partial charge on any atom is -0.361 e. The largest absolute Gasteiger partial charge is 0.361 e. The fourth-order valence-electron chi connectivity index (χ4n) is 3.70. The zero-order valence-corrected chi connectivity index (χ0v) is 12.5. The molecule has 0 bridgehead atoms. The van der Waals surface area contributed by atoms with Crippen LogP contribution < -0.4 is 5.32 Å². The summed E-state index contributed by atoms with van der Waals surface area (Å²) in [6.45, 7) is 3.31. The first-order chi connectivity index (χ1) is 9.88. The Balaban J connectivity index is 1.65. The normalized spacial score (nSPS) is 18.4. The molecule has 1 atom stereocenters. The lowest BCUT2D eigenvalue weighted by molar-refractivity contribution is 0.262. The Morgan fingerprint density at radius 1 is 1.20 bits per heavy atom. The van der Waals surface area contributed by atoms with Gasteiger partial charge in [-0.1, -0.05) is 44.4 Å². The van der Waals surface area contributed by atoms with Crippen molar-refractivity contribution in [1.29, 1.82) is 0 Å². The van der Waals surface area contributed by atoms with Crippen molar-refractivity contribution < 1.29 is 0 Å². The molecule has 1 aliphatic carbocycles. The van der Waals surface area contributed by atoms with Crippen LogP contribution >= 0.6 is 0 Å². The summed E-state index contributed by atoms with van der Waals surface area (Å²) in [5.74, 6) is 0.888. The SMILES string of the molecule is CCC(NCc1c[nH]c2ccccc12)C1CCCCC1. The average Bonchev–Trinajstić information content (AvgIpc) is 2.92. The Bertz CT molecular complexity index is 537. The van der Waals surface area contributed by atoms with Crippen LogP contribution in [0.15, 0.2) is 30.5 Å². The van der Waals surface area contributed by atoms with Gasteiger partial charge in [0.15, 0.2) is 0 Å². The highest BCUT2D eigenvalue weighted by molar-refractivity contribution is 5.82. The number of H-pyrrole nitrogens is 1. The maximum Gasteiger partial charge on any atom is 0.0457 e. The Kier molecular flexibility index (Phi) is 4.41. The molecule has 1 saturated carbocycles. The molecular formula is C18H26N2. The van der Waals surface area contributed by atoms with Crippen LogP contribution in [-0.4, -0.2) is 11.0 Å². The van der Waals surface area contributed by atoms with Crippen LogP contribution in [0.25, 0.3) is 10.9 Å². The third-order valence-electron chi connectivity index (χ3n) is 4.89. The molecule has 0 amide bonds. The molecule has 1 aliphatic rings. The Labute approximate surface area is 122 Å². The van der Waals surface area contributed by atoms with Gasteiger partial charge in [0.05, 0.1) is 0 Å². The average molecular weight is 270 g/mol. The molecule has 2 aromatic rings. The van der Waals surface area contributed by atoms with Gasteiger partial charge < -0.3 is 10.3 Å². The molecular weight excluding hydrogens is 244 g/mol. The molecule has 0 saturated heterocycles. The topological polar surface area (TPSA) is 27.8 Å². The molecule has 2 N–H and O–H groups in total. The number of hydrogen-bond acceptors (Lipinski definition) is 1. The van der Waals surface area contributed by atoms with E-state index in [2.05, 4.69) is 47.7 Å². The van der Waals surface area contributed by atoms with E-state index in [1.165, 1.54) is 55.0 Å². The van der Waals surface area contributed by atoms with E-state index in [9.17, 15) is 0 Å². The molecule has 1 heterocycles. The summed E-state index contributed by atoms with van der Waals surface area (Å²) in [4.78, 5) is 3.37. The first kappa shape index (κ1) is 13.7. The second-order valence-corrected chi connectivity index (χ2v) is 6.15. The summed E-state index contributed by atoms with van der Waals surface area (Å²) >= 11 is 0. The van der Waals surface area contributed by atoms with Gasteiger partial charge in [0.2, 0.25) is 0 Å². The summed E-state index contributed by atoms with van der Waals surface area (Å²) in [5.41, 5.74) is 2.64. The van der Waals surface area contributed by atoms with Crippen molar-refractivity contribution in [2.24, 2.45) is 5.92 Å². The molecule has 2 nitrogen and oxygen atoms in total. The van der Waals surface area contributed by atoms with E-state index in [-0.39, 0.29) is 0 Å². The molecule has 2 heteroatoms. The number of fused-ring (bicyclic) bond motifs is 1. The number of rotatable bonds is 5. The van der Waals surface area contributed by atoms with E-state index in [4.69, 9.17) is 0 Å². The number of hydrogen-bond donors (Lipinski definition) is 2. The number of nitrogens with one attached hydrogen (secondary N) is 2. The molecule has 0 spiro atoms. The zero-order chi connectivity index (χ0) is 13.8. The van der Waals surface area contributed by atoms with E-state index < -0.39 is 0 Å². The minimum absolute atomic E-state index is 0.684. The van der Waals surface area contributed by atoms with Gasteiger partial charge in [-0.2, -0.15) is 0 Å². The maximum atomic E-state index is 3.81. The minimum atomic E-state index is 0.684. The summed E-state index contributed by atoms with van der Waals surface area (Å²) in [7, 11) is 0. The van der Waals surface area contributed by atoms with Crippen molar-refractivity contribution in [1.82, 2.24) is 10.3 Å². The standard InChI is InChI=1S/C18H26N2/c1-2-17(14-8-4-3-5-9-14)19-12-15-13-20-18-11-7-6-10-16(15)18/h6-7,10-11,13-14,17,19-20H,2-5,8-9,12H2,1H3. The first-order valence-corrected chi connectivity index (χ1v) is 8.17. The zero-order valence-electron chi connectivity index (χ0n) is 12.5. The van der Waals surface area contributed by atoms with E-state index in [0.717, 1.165) is 12.5 Å². The van der Waals surface area contributed by atoms with Crippen molar-refractivity contribution in [2.75, 3.05) is 0 Å². The van der Waals surface area contributed by atoms with Crippen LogP contribution in [0.2, 0.25) is 0 Å². The van der Waals surface area contributed by atoms with Gasteiger partial charge in [-0.05, 0) is 36.8 Å². The summed E-state index contributed by atoms with van der Waals surface area (Å²) in [5, 5.41) is 5.17. The van der Waals surface area contributed by atoms with Gasteiger partial charge >= 0.3 is 0 Å². The van der Waals surface area contributed by atoms with Crippen molar-refractivity contribution in [3.05, 3.63) is 36.0 Å². The van der Waals surface area contributed by atoms with Crippen LogP contribution in [0.5, 0.6) is 0 Å². The summed E-state index contributed by atoms with van der Waals surface area (Å²) < 4.78 is 0. The third-order valence-corrected chi connectivity index (χ3v) is 4.89. The fraction of sp³-hybridized carbons (Fsp3) is 0.556. The number of aromatic amines is 1. The van der Waals surface area contributed by atoms with Crippen LogP contribution in [0, 0.1) is 5.92 Å². The number of benzene rings is 1. The van der Waals surface area contributed by atoms with Gasteiger partial charge in [-0.25, -0.2) is 0 Å². The highest BCUT2D eigenvalue weighted by Gasteiger charge is 2.21. The quantitative estimate of drug-likeness (QED) is 0.815. The predicted molar refractivity (Wildman–Crippen MR) is 85.8 cm³/mol. The van der Waals surface area contributed by atoms with Gasteiger partial charge in [-0.15, -0.1) is 0 Å². The molecule has 20 heavy (non-hydrogen) atoms. The van der Waals surface area contributed by atoms with Gasteiger partial charge in [0.25, 0.3) is 0 Å². The van der Waals surface area contributed by atoms with Crippen LogP contribution in [0.3, 0.4) is 0 Å². The highest BCUT2D eigenvalue weighted by atomic mass is 14.9. The van der Waals surface area contributed by atoms with E-state index in [0.29, 0.717) is 6.04 Å². The second kappa shape index (κ2) is 6.45. The van der Waals surface area contributed by atoms with E-state index in [1.54, 1.807) is 0 Å². The fourth-order valence-corrected chi connectivity index (χ4v) is 3.70. The molecule has 0 aliphatic heterocycles. The van der Waals surface area contributed by atoms with Crippen molar-refractivity contribution in [3.8, 4) is 0 Å². The molecule has 1 unspecified atom stereocenters. The van der Waals surface area contributed by atoms with Gasteiger partial charge in [0.1, 0.15) is 0 Å². The van der Waals surface area contributed by atoms with E-state index >= 15 is 0 Å². The smallest absolute Gasteiger partial charge is 0.0457 e.